The van der Waals surface area contributed by atoms with Crippen molar-refractivity contribution in [3.63, 3.8) is 0 Å². The fourth-order valence-electron chi connectivity index (χ4n) is 6.37. The Morgan fingerprint density at radius 1 is 0.915 bits per heavy atom. The Bertz CT molecular complexity index is 1320. The van der Waals surface area contributed by atoms with Crippen molar-refractivity contribution in [1.82, 2.24) is 0 Å². The van der Waals surface area contributed by atoms with Gasteiger partial charge in [0, 0.05) is 19.4 Å². The van der Waals surface area contributed by atoms with E-state index in [1.165, 1.54) is 0 Å². The second-order valence-corrected chi connectivity index (χ2v) is 19.0. The Hall–Kier alpha value is -1.84. The van der Waals surface area contributed by atoms with Crippen LogP contribution in [0.25, 0.3) is 0 Å². The third-order valence-electron chi connectivity index (χ3n) is 9.47. The molecule has 8 nitrogen and oxygen atoms in total. The molecule has 0 amide bonds. The number of benzene rings is 2. The molecule has 13 heteroatoms. The Kier molecular flexibility index (Phi) is 13.5. The van der Waals surface area contributed by atoms with Crippen molar-refractivity contribution in [2.24, 2.45) is 0 Å². The highest BCUT2D eigenvalue weighted by Gasteiger charge is 2.56. The summed E-state index contributed by atoms with van der Waals surface area (Å²) < 4.78 is 101. The van der Waals surface area contributed by atoms with Crippen LogP contribution in [-0.2, 0) is 50.9 Å². The number of fused-ring (bicyclic) bond motifs is 1. The molecule has 2 fully saturated rings. The van der Waals surface area contributed by atoms with Gasteiger partial charge in [-0.3, -0.25) is 4.18 Å². The van der Waals surface area contributed by atoms with Crippen LogP contribution < -0.4 is 0 Å². The van der Waals surface area contributed by atoms with Crippen LogP contribution in [0.1, 0.15) is 64.5 Å². The lowest BCUT2D eigenvalue weighted by Crippen LogP contribution is -2.65. The monoisotopic (exact) mass is 702 g/mol. The van der Waals surface area contributed by atoms with Gasteiger partial charge in [-0.1, -0.05) is 81.4 Å². The SMILES string of the molecule is CC[Si](CC)(CC)O[C@H]1C[C@H]2O[C@H](CCCOCc3ccccc3)C[C@H](OCc3ccccc3)[C@@H]2O[C@]1(C)COS(=O)(=O)C(F)(F)F. The number of ether oxygens (including phenoxy) is 4. The molecule has 4 rings (SSSR count). The maximum atomic E-state index is 13.3. The summed E-state index contributed by atoms with van der Waals surface area (Å²) in [6.07, 6.45) is -0.253. The van der Waals surface area contributed by atoms with Gasteiger partial charge < -0.3 is 23.4 Å². The number of rotatable bonds is 17. The Morgan fingerprint density at radius 3 is 2.09 bits per heavy atom. The van der Waals surface area contributed by atoms with E-state index in [4.69, 9.17) is 23.4 Å². The average molecular weight is 703 g/mol. The number of halogens is 3. The maximum absolute atomic E-state index is 13.3. The third-order valence-corrected chi connectivity index (χ3v) is 15.1. The van der Waals surface area contributed by atoms with E-state index in [2.05, 4.69) is 4.18 Å². The topological polar surface area (TPSA) is 89.5 Å². The van der Waals surface area contributed by atoms with Gasteiger partial charge in [0.2, 0.25) is 0 Å². The zero-order chi connectivity index (χ0) is 34.1. The molecule has 0 N–H and O–H groups in total. The van der Waals surface area contributed by atoms with Crippen LogP contribution in [0, 0.1) is 0 Å². The molecule has 0 aromatic heterocycles. The summed E-state index contributed by atoms with van der Waals surface area (Å²) in [6, 6.07) is 22.0. The van der Waals surface area contributed by atoms with Crippen molar-refractivity contribution in [2.75, 3.05) is 13.2 Å². The van der Waals surface area contributed by atoms with E-state index in [-0.39, 0.29) is 6.10 Å². The van der Waals surface area contributed by atoms with E-state index >= 15 is 0 Å². The van der Waals surface area contributed by atoms with Crippen LogP contribution in [0.15, 0.2) is 60.7 Å². The first-order valence-corrected chi connectivity index (χ1v) is 20.5. The van der Waals surface area contributed by atoms with Gasteiger partial charge in [-0.25, -0.2) is 0 Å². The van der Waals surface area contributed by atoms with E-state index in [0.717, 1.165) is 42.1 Å². The molecular weight excluding hydrogens is 654 g/mol. The summed E-state index contributed by atoms with van der Waals surface area (Å²) in [7, 11) is -8.17. The first kappa shape index (κ1) is 38.0. The summed E-state index contributed by atoms with van der Waals surface area (Å²) in [5.74, 6) is 0. The highest BCUT2D eigenvalue weighted by molar-refractivity contribution is 7.87. The lowest BCUT2D eigenvalue weighted by molar-refractivity contribution is -0.291. The van der Waals surface area contributed by atoms with Gasteiger partial charge in [-0.05, 0) is 49.0 Å². The van der Waals surface area contributed by atoms with Gasteiger partial charge in [0.15, 0.2) is 8.32 Å². The minimum atomic E-state index is -5.85. The molecule has 6 atom stereocenters. The fourth-order valence-corrected chi connectivity index (χ4v) is 9.84. The van der Waals surface area contributed by atoms with Crippen LogP contribution in [0.4, 0.5) is 13.2 Å². The van der Waals surface area contributed by atoms with Crippen molar-refractivity contribution in [3.05, 3.63) is 71.8 Å². The van der Waals surface area contributed by atoms with Crippen LogP contribution in [-0.4, -0.2) is 71.6 Å². The zero-order valence-electron chi connectivity index (χ0n) is 27.7. The fraction of sp³-hybridized carbons (Fsp3) is 0.647. The Labute approximate surface area is 278 Å². The molecule has 2 aromatic rings. The number of hydrogen-bond donors (Lipinski definition) is 0. The van der Waals surface area contributed by atoms with Gasteiger partial charge in [-0.2, -0.15) is 21.6 Å². The normalized spacial score (nSPS) is 27.0. The first-order chi connectivity index (χ1) is 22.3. The zero-order valence-corrected chi connectivity index (χ0v) is 29.6. The van der Waals surface area contributed by atoms with E-state index in [1.807, 2.05) is 81.4 Å². The molecule has 0 radical (unpaired) electrons. The molecule has 2 saturated heterocycles. The summed E-state index contributed by atoms with van der Waals surface area (Å²) in [5.41, 5.74) is -5.00. The predicted octanol–water partition coefficient (Wildman–Crippen LogP) is 7.53. The van der Waals surface area contributed by atoms with E-state index in [1.54, 1.807) is 6.92 Å². The van der Waals surface area contributed by atoms with Gasteiger partial charge in [-0.15, -0.1) is 0 Å². The van der Waals surface area contributed by atoms with Crippen molar-refractivity contribution in [2.45, 2.75) is 126 Å². The smallest absolute Gasteiger partial charge is 0.411 e. The molecular formula is C34H49F3O8SSi. The van der Waals surface area contributed by atoms with Gasteiger partial charge >= 0.3 is 15.6 Å². The van der Waals surface area contributed by atoms with E-state index in [0.29, 0.717) is 32.7 Å². The van der Waals surface area contributed by atoms with Crippen LogP contribution >= 0.6 is 0 Å². The lowest BCUT2D eigenvalue weighted by Gasteiger charge is -2.54. The predicted molar refractivity (Wildman–Crippen MR) is 175 cm³/mol. The minimum absolute atomic E-state index is 0.168. The van der Waals surface area contributed by atoms with E-state index < -0.39 is 60.6 Å². The van der Waals surface area contributed by atoms with Gasteiger partial charge in [0.1, 0.15) is 11.7 Å². The van der Waals surface area contributed by atoms with Crippen molar-refractivity contribution >= 4 is 18.4 Å². The molecule has 0 unspecified atom stereocenters. The van der Waals surface area contributed by atoms with Crippen LogP contribution in [0.5, 0.6) is 0 Å². The largest absolute Gasteiger partial charge is 0.523 e. The molecule has 264 valence electrons. The van der Waals surface area contributed by atoms with Crippen LogP contribution in [0.3, 0.4) is 0 Å². The van der Waals surface area contributed by atoms with Gasteiger partial charge in [0.25, 0.3) is 0 Å². The molecule has 2 aliphatic heterocycles. The maximum Gasteiger partial charge on any atom is 0.523 e. The van der Waals surface area contributed by atoms with Crippen molar-refractivity contribution in [1.29, 1.82) is 0 Å². The van der Waals surface area contributed by atoms with Crippen molar-refractivity contribution < 1.29 is 49.1 Å². The summed E-state index contributed by atoms with van der Waals surface area (Å²) in [5, 5.41) is 0. The molecule has 0 spiro atoms. The molecule has 2 heterocycles. The standard InChI is InChI=1S/C34H49F3O8SSi/c1-5-47(6-2,7-3)45-31-22-30-32(44-33(31,4)25-42-46(38,39)34(35,36)37)29(41-24-27-17-12-9-13-18-27)21-28(43-30)19-14-20-40-23-26-15-10-8-11-16-26/h8-13,15-18,28-32H,5-7,14,19-25H2,1-4H3/t28-,29+,30-,31+,32+,33-/m1/s1. The quantitative estimate of drug-likeness (QED) is 0.0724. The number of alkyl halides is 3. The molecule has 2 aromatic carbocycles. The highest BCUT2D eigenvalue weighted by Crippen LogP contribution is 2.43. The molecule has 47 heavy (non-hydrogen) atoms. The van der Waals surface area contributed by atoms with Gasteiger partial charge in [0.05, 0.1) is 44.2 Å². The Balaban J connectivity index is 1.53. The number of hydrogen-bond acceptors (Lipinski definition) is 8. The lowest BCUT2D eigenvalue weighted by atomic mass is 9.84. The summed E-state index contributed by atoms with van der Waals surface area (Å²) in [6.45, 7) is 8.26. The van der Waals surface area contributed by atoms with Crippen LogP contribution in [0.2, 0.25) is 18.1 Å². The molecule has 0 saturated carbocycles. The summed E-state index contributed by atoms with van der Waals surface area (Å²) >= 11 is 0. The first-order valence-electron chi connectivity index (χ1n) is 16.6. The minimum Gasteiger partial charge on any atom is -0.411 e. The average Bonchev–Trinajstić information content (AvgIpc) is 3.06. The molecule has 0 bridgehead atoms. The van der Waals surface area contributed by atoms with E-state index in [9.17, 15) is 21.6 Å². The second-order valence-electron chi connectivity index (χ2n) is 12.7. The second kappa shape index (κ2) is 16.7. The summed E-state index contributed by atoms with van der Waals surface area (Å²) in [4.78, 5) is 0. The third kappa shape index (κ3) is 10.1. The Morgan fingerprint density at radius 2 is 1.51 bits per heavy atom. The van der Waals surface area contributed by atoms with Crippen molar-refractivity contribution in [3.8, 4) is 0 Å². The highest BCUT2D eigenvalue weighted by atomic mass is 32.2. The molecule has 2 aliphatic rings. The molecule has 0 aliphatic carbocycles.